The number of hydrogen-bond donors (Lipinski definition) is 1. The number of piperazine rings is 1. The van der Waals surface area contributed by atoms with Gasteiger partial charge in [0.15, 0.2) is 17.5 Å². The highest BCUT2D eigenvalue weighted by molar-refractivity contribution is 5.85. The Balaban J connectivity index is 0.00000121. The number of hydrogen-bond acceptors (Lipinski definition) is 5. The van der Waals surface area contributed by atoms with Crippen molar-refractivity contribution in [1.29, 1.82) is 0 Å². The number of tetrazole rings is 1. The van der Waals surface area contributed by atoms with E-state index >= 15 is 0 Å². The van der Waals surface area contributed by atoms with E-state index in [1.165, 1.54) is 10.7 Å². The molecule has 1 aliphatic heterocycles. The fraction of sp³-hybridized carbons (Fsp3) is 0.417. The van der Waals surface area contributed by atoms with E-state index < -0.39 is 11.6 Å². The highest BCUT2D eigenvalue weighted by atomic mass is 35.5. The van der Waals surface area contributed by atoms with Gasteiger partial charge < -0.3 is 5.32 Å². The molecule has 0 unspecified atom stereocenters. The molecule has 1 saturated heterocycles. The molecule has 1 aromatic carbocycles. The minimum Gasteiger partial charge on any atom is -0.314 e. The molecule has 0 atom stereocenters. The van der Waals surface area contributed by atoms with Gasteiger partial charge in [0.05, 0.1) is 12.2 Å². The molecular formula is C12H16Cl2F2N6. The van der Waals surface area contributed by atoms with E-state index in [0.717, 1.165) is 38.3 Å². The van der Waals surface area contributed by atoms with E-state index in [4.69, 9.17) is 0 Å². The van der Waals surface area contributed by atoms with E-state index in [0.29, 0.717) is 18.1 Å². The number of benzene rings is 1. The summed E-state index contributed by atoms with van der Waals surface area (Å²) in [5, 5.41) is 14.7. The molecule has 0 bridgehead atoms. The second-order valence-corrected chi connectivity index (χ2v) is 4.63. The SMILES string of the molecule is Cl.Cl.Fc1ccc(-n2nnnc2CN2CCNCC2)cc1F. The second-order valence-electron chi connectivity index (χ2n) is 4.63. The van der Waals surface area contributed by atoms with Crippen LogP contribution in [0.1, 0.15) is 5.82 Å². The number of rotatable bonds is 3. The normalized spacial score (nSPS) is 15.0. The molecule has 3 rings (SSSR count). The Labute approximate surface area is 138 Å². The summed E-state index contributed by atoms with van der Waals surface area (Å²) in [6.07, 6.45) is 0. The van der Waals surface area contributed by atoms with Gasteiger partial charge in [-0.25, -0.2) is 8.78 Å². The van der Waals surface area contributed by atoms with Gasteiger partial charge in [-0.3, -0.25) is 4.90 Å². The third kappa shape index (κ3) is 4.10. The van der Waals surface area contributed by atoms with Gasteiger partial charge in [0.2, 0.25) is 0 Å². The van der Waals surface area contributed by atoms with Gasteiger partial charge in [-0.2, -0.15) is 4.68 Å². The quantitative estimate of drug-likeness (QED) is 0.899. The Morgan fingerprint density at radius 1 is 1.09 bits per heavy atom. The van der Waals surface area contributed by atoms with Crippen molar-refractivity contribution in [2.75, 3.05) is 26.2 Å². The predicted molar refractivity (Wildman–Crippen MR) is 81.7 cm³/mol. The Bertz CT molecular complexity index is 603. The average molecular weight is 353 g/mol. The maximum absolute atomic E-state index is 13.3. The molecule has 6 nitrogen and oxygen atoms in total. The van der Waals surface area contributed by atoms with Gasteiger partial charge in [-0.15, -0.1) is 29.9 Å². The molecule has 2 aromatic rings. The first-order valence-corrected chi connectivity index (χ1v) is 6.40. The van der Waals surface area contributed by atoms with Crippen LogP contribution in [0.4, 0.5) is 8.78 Å². The molecule has 0 amide bonds. The van der Waals surface area contributed by atoms with Crippen LogP contribution in [0, 0.1) is 11.6 Å². The lowest BCUT2D eigenvalue weighted by molar-refractivity contribution is 0.226. The zero-order valence-corrected chi connectivity index (χ0v) is 13.2. The number of halogens is 4. The first kappa shape index (κ1) is 18.7. The van der Waals surface area contributed by atoms with E-state index in [1.807, 2.05) is 0 Å². The van der Waals surface area contributed by atoms with Crippen molar-refractivity contribution >= 4 is 24.8 Å². The monoisotopic (exact) mass is 352 g/mol. The summed E-state index contributed by atoms with van der Waals surface area (Å²) in [5.74, 6) is -1.19. The summed E-state index contributed by atoms with van der Waals surface area (Å²) >= 11 is 0. The van der Waals surface area contributed by atoms with Crippen molar-refractivity contribution in [1.82, 2.24) is 30.4 Å². The molecule has 0 radical (unpaired) electrons. The summed E-state index contributed by atoms with van der Waals surface area (Å²) in [6, 6.07) is 3.62. The largest absolute Gasteiger partial charge is 0.314 e. The van der Waals surface area contributed by atoms with Crippen molar-refractivity contribution in [2.45, 2.75) is 6.54 Å². The highest BCUT2D eigenvalue weighted by Crippen LogP contribution is 2.14. The molecule has 1 aromatic heterocycles. The Hall–Kier alpha value is -1.35. The lowest BCUT2D eigenvalue weighted by Gasteiger charge is -2.26. The van der Waals surface area contributed by atoms with Crippen LogP contribution in [0.25, 0.3) is 5.69 Å². The summed E-state index contributed by atoms with van der Waals surface area (Å²) in [6.45, 7) is 4.24. The maximum atomic E-state index is 13.3. The Morgan fingerprint density at radius 3 is 2.50 bits per heavy atom. The molecule has 22 heavy (non-hydrogen) atoms. The smallest absolute Gasteiger partial charge is 0.170 e. The summed E-state index contributed by atoms with van der Waals surface area (Å²) in [5.41, 5.74) is 0.416. The highest BCUT2D eigenvalue weighted by Gasteiger charge is 2.16. The zero-order valence-electron chi connectivity index (χ0n) is 11.6. The van der Waals surface area contributed by atoms with Crippen LogP contribution in [-0.2, 0) is 6.54 Å². The van der Waals surface area contributed by atoms with Crippen LogP contribution >= 0.6 is 24.8 Å². The van der Waals surface area contributed by atoms with Crippen molar-refractivity contribution in [3.05, 3.63) is 35.7 Å². The van der Waals surface area contributed by atoms with E-state index in [1.54, 1.807) is 0 Å². The molecular weight excluding hydrogens is 337 g/mol. The molecule has 0 saturated carbocycles. The topological polar surface area (TPSA) is 58.9 Å². The van der Waals surface area contributed by atoms with Crippen LogP contribution in [0.2, 0.25) is 0 Å². The Kier molecular flexibility index (Phi) is 7.08. The van der Waals surface area contributed by atoms with E-state index in [2.05, 4.69) is 25.7 Å². The van der Waals surface area contributed by atoms with Crippen LogP contribution in [-0.4, -0.2) is 51.3 Å². The number of nitrogens with one attached hydrogen (secondary N) is 1. The molecule has 122 valence electrons. The molecule has 0 aliphatic carbocycles. The van der Waals surface area contributed by atoms with Crippen LogP contribution in [0.15, 0.2) is 18.2 Å². The lowest BCUT2D eigenvalue weighted by Crippen LogP contribution is -2.43. The predicted octanol–water partition coefficient (Wildman–Crippen LogP) is 1.19. The van der Waals surface area contributed by atoms with E-state index in [-0.39, 0.29) is 24.8 Å². The van der Waals surface area contributed by atoms with E-state index in [9.17, 15) is 8.78 Å². The molecule has 1 N–H and O–H groups in total. The molecule has 0 spiro atoms. The van der Waals surface area contributed by atoms with Gasteiger partial charge in [0.25, 0.3) is 0 Å². The maximum Gasteiger partial charge on any atom is 0.170 e. The minimum absolute atomic E-state index is 0. The average Bonchev–Trinajstić information content (AvgIpc) is 2.91. The fourth-order valence-electron chi connectivity index (χ4n) is 2.19. The van der Waals surface area contributed by atoms with Crippen LogP contribution < -0.4 is 5.32 Å². The van der Waals surface area contributed by atoms with Crippen LogP contribution in [0.5, 0.6) is 0 Å². The van der Waals surface area contributed by atoms with Crippen LogP contribution in [0.3, 0.4) is 0 Å². The first-order chi connectivity index (χ1) is 9.74. The summed E-state index contributed by atoms with van der Waals surface area (Å²) in [4.78, 5) is 2.21. The van der Waals surface area contributed by atoms with Gasteiger partial charge >= 0.3 is 0 Å². The van der Waals surface area contributed by atoms with Crippen molar-refractivity contribution < 1.29 is 8.78 Å². The standard InChI is InChI=1S/C12H14F2N6.2ClH/c13-10-2-1-9(7-11(10)14)20-12(16-17-18-20)8-19-5-3-15-4-6-19;;/h1-2,7,15H,3-6,8H2;2*1H. The summed E-state index contributed by atoms with van der Waals surface area (Å²) < 4.78 is 27.7. The zero-order chi connectivity index (χ0) is 13.9. The summed E-state index contributed by atoms with van der Waals surface area (Å²) in [7, 11) is 0. The molecule has 1 fully saturated rings. The molecule has 10 heteroatoms. The third-order valence-corrected chi connectivity index (χ3v) is 3.26. The van der Waals surface area contributed by atoms with Crippen molar-refractivity contribution in [3.8, 4) is 5.69 Å². The third-order valence-electron chi connectivity index (χ3n) is 3.26. The van der Waals surface area contributed by atoms with Gasteiger partial charge in [-0.05, 0) is 22.6 Å². The minimum atomic E-state index is -0.911. The van der Waals surface area contributed by atoms with Gasteiger partial charge in [0.1, 0.15) is 0 Å². The van der Waals surface area contributed by atoms with Crippen molar-refractivity contribution in [2.24, 2.45) is 0 Å². The van der Waals surface area contributed by atoms with Gasteiger partial charge in [0, 0.05) is 32.2 Å². The number of nitrogens with zero attached hydrogens (tertiary/aromatic N) is 5. The van der Waals surface area contributed by atoms with Crippen molar-refractivity contribution in [3.63, 3.8) is 0 Å². The molecule has 1 aliphatic rings. The van der Waals surface area contributed by atoms with Gasteiger partial charge in [-0.1, -0.05) is 0 Å². The first-order valence-electron chi connectivity index (χ1n) is 6.40. The second kappa shape index (κ2) is 8.33. The lowest BCUT2D eigenvalue weighted by atomic mass is 10.3. The molecule has 2 heterocycles. The fourth-order valence-corrected chi connectivity index (χ4v) is 2.19. The number of aromatic nitrogens is 4. The Morgan fingerprint density at radius 2 is 1.82 bits per heavy atom.